The van der Waals surface area contributed by atoms with Gasteiger partial charge < -0.3 is 19.9 Å². The normalized spacial score (nSPS) is 14.7. The van der Waals surface area contributed by atoms with Gasteiger partial charge in [0.05, 0.1) is 24.6 Å². The second-order valence-corrected chi connectivity index (χ2v) is 6.29. The van der Waals surface area contributed by atoms with Crippen molar-refractivity contribution in [3.05, 3.63) is 59.8 Å². The average Bonchev–Trinajstić information content (AvgIpc) is 3.09. The number of ether oxygens (including phenoxy) is 1. The highest BCUT2D eigenvalue weighted by atomic mass is 16.5. The number of morpholine rings is 1. The Labute approximate surface area is 146 Å². The molecule has 4 rings (SSSR count). The first-order valence-electron chi connectivity index (χ1n) is 8.54. The van der Waals surface area contributed by atoms with Gasteiger partial charge in [0.2, 0.25) is 0 Å². The number of para-hydroxylation sites is 3. The molecule has 0 aliphatic carbocycles. The molecule has 128 valence electrons. The molecule has 2 N–H and O–H groups in total. The quantitative estimate of drug-likeness (QED) is 0.769. The van der Waals surface area contributed by atoms with Crippen molar-refractivity contribution in [1.29, 1.82) is 0 Å². The van der Waals surface area contributed by atoms with Crippen molar-refractivity contribution in [2.75, 3.05) is 36.5 Å². The molecule has 3 aromatic rings. The lowest BCUT2D eigenvalue weighted by Crippen LogP contribution is -2.36. The maximum atomic E-state index is 12.7. The van der Waals surface area contributed by atoms with Gasteiger partial charge in [0.1, 0.15) is 5.69 Å². The van der Waals surface area contributed by atoms with E-state index in [1.54, 1.807) is 0 Å². The third kappa shape index (κ3) is 3.10. The third-order valence-electron chi connectivity index (χ3n) is 4.61. The number of aromatic nitrogens is 1. The van der Waals surface area contributed by atoms with Gasteiger partial charge in [-0.05, 0) is 30.7 Å². The SMILES string of the molecule is Cc1cccc2cc(C(=O)Nc3ccccc3N3CCOCC3)[nH]c12. The predicted molar refractivity (Wildman–Crippen MR) is 100 cm³/mol. The van der Waals surface area contributed by atoms with Crippen LogP contribution in [0.15, 0.2) is 48.5 Å². The van der Waals surface area contributed by atoms with Crippen LogP contribution in [-0.4, -0.2) is 37.2 Å². The summed E-state index contributed by atoms with van der Waals surface area (Å²) in [5.74, 6) is -0.128. The lowest BCUT2D eigenvalue weighted by atomic mass is 10.2. The number of fused-ring (bicyclic) bond motifs is 1. The van der Waals surface area contributed by atoms with Gasteiger partial charge >= 0.3 is 0 Å². The van der Waals surface area contributed by atoms with Crippen LogP contribution in [0.2, 0.25) is 0 Å². The Kier molecular flexibility index (Phi) is 4.15. The van der Waals surface area contributed by atoms with Crippen molar-refractivity contribution >= 4 is 28.2 Å². The number of anilines is 2. The number of carbonyl (C=O) groups is 1. The number of aromatic amines is 1. The molecular formula is C20H21N3O2. The lowest BCUT2D eigenvalue weighted by molar-refractivity contribution is 0.102. The number of carbonyl (C=O) groups excluding carboxylic acids is 1. The van der Waals surface area contributed by atoms with E-state index in [9.17, 15) is 4.79 Å². The minimum Gasteiger partial charge on any atom is -0.378 e. The van der Waals surface area contributed by atoms with Gasteiger partial charge in [-0.3, -0.25) is 4.79 Å². The van der Waals surface area contributed by atoms with Gasteiger partial charge in [0.15, 0.2) is 0 Å². The number of rotatable bonds is 3. The molecule has 5 heteroatoms. The molecule has 0 radical (unpaired) electrons. The first kappa shape index (κ1) is 15.7. The Hall–Kier alpha value is -2.79. The van der Waals surface area contributed by atoms with Crippen molar-refractivity contribution in [3.63, 3.8) is 0 Å². The molecule has 1 aliphatic heterocycles. The summed E-state index contributed by atoms with van der Waals surface area (Å²) in [5, 5.41) is 4.10. The molecule has 1 aliphatic rings. The monoisotopic (exact) mass is 335 g/mol. The molecule has 2 heterocycles. The highest BCUT2D eigenvalue weighted by molar-refractivity contribution is 6.07. The number of aryl methyl sites for hydroxylation is 1. The predicted octanol–water partition coefficient (Wildman–Crippen LogP) is 3.57. The number of nitrogens with zero attached hydrogens (tertiary/aromatic N) is 1. The minimum absolute atomic E-state index is 0.128. The topological polar surface area (TPSA) is 57.4 Å². The Morgan fingerprint density at radius 2 is 1.92 bits per heavy atom. The molecule has 0 saturated carbocycles. The smallest absolute Gasteiger partial charge is 0.272 e. The maximum absolute atomic E-state index is 12.7. The number of benzene rings is 2. The van der Waals surface area contributed by atoms with E-state index in [2.05, 4.69) is 15.2 Å². The van der Waals surface area contributed by atoms with Crippen LogP contribution in [0, 0.1) is 6.92 Å². The van der Waals surface area contributed by atoms with E-state index in [1.165, 1.54) is 0 Å². The first-order chi connectivity index (χ1) is 12.2. The van der Waals surface area contributed by atoms with Gasteiger partial charge in [-0.2, -0.15) is 0 Å². The molecule has 5 nitrogen and oxygen atoms in total. The molecule has 1 amide bonds. The summed E-state index contributed by atoms with van der Waals surface area (Å²) in [4.78, 5) is 18.2. The molecule has 0 atom stereocenters. The fraction of sp³-hybridized carbons (Fsp3) is 0.250. The summed E-state index contributed by atoms with van der Waals surface area (Å²) >= 11 is 0. The second kappa shape index (κ2) is 6.61. The Bertz CT molecular complexity index is 910. The van der Waals surface area contributed by atoms with Gasteiger partial charge in [0.25, 0.3) is 5.91 Å². The van der Waals surface area contributed by atoms with Crippen LogP contribution < -0.4 is 10.2 Å². The van der Waals surface area contributed by atoms with Crippen LogP contribution in [0.1, 0.15) is 16.1 Å². The largest absolute Gasteiger partial charge is 0.378 e. The van der Waals surface area contributed by atoms with Gasteiger partial charge in [-0.1, -0.05) is 30.3 Å². The number of nitrogens with one attached hydrogen (secondary N) is 2. The van der Waals surface area contributed by atoms with E-state index in [0.717, 1.165) is 40.9 Å². The van der Waals surface area contributed by atoms with Gasteiger partial charge in [-0.15, -0.1) is 0 Å². The summed E-state index contributed by atoms with van der Waals surface area (Å²) in [7, 11) is 0. The zero-order valence-corrected chi connectivity index (χ0v) is 14.2. The van der Waals surface area contributed by atoms with Crippen LogP contribution in [0.3, 0.4) is 0 Å². The minimum atomic E-state index is -0.128. The second-order valence-electron chi connectivity index (χ2n) is 6.29. The van der Waals surface area contributed by atoms with E-state index in [4.69, 9.17) is 4.74 Å². The molecule has 1 aromatic heterocycles. The number of hydrogen-bond donors (Lipinski definition) is 2. The summed E-state index contributed by atoms with van der Waals surface area (Å²) in [6, 6.07) is 15.9. The van der Waals surface area contributed by atoms with E-state index in [0.29, 0.717) is 18.9 Å². The van der Waals surface area contributed by atoms with Crippen molar-refractivity contribution in [2.45, 2.75) is 6.92 Å². The summed E-state index contributed by atoms with van der Waals surface area (Å²) in [6.07, 6.45) is 0. The zero-order chi connectivity index (χ0) is 17.2. The lowest BCUT2D eigenvalue weighted by Gasteiger charge is -2.30. The van der Waals surface area contributed by atoms with Crippen LogP contribution in [0.4, 0.5) is 11.4 Å². The summed E-state index contributed by atoms with van der Waals surface area (Å²) < 4.78 is 5.42. The average molecular weight is 335 g/mol. The Balaban J connectivity index is 1.61. The molecule has 0 unspecified atom stereocenters. The molecule has 25 heavy (non-hydrogen) atoms. The molecule has 0 bridgehead atoms. The fourth-order valence-electron chi connectivity index (χ4n) is 3.28. The van der Waals surface area contributed by atoms with Gasteiger partial charge in [-0.25, -0.2) is 0 Å². The first-order valence-corrected chi connectivity index (χ1v) is 8.54. The number of hydrogen-bond acceptors (Lipinski definition) is 3. The molecular weight excluding hydrogens is 314 g/mol. The van der Waals surface area contributed by atoms with Crippen molar-refractivity contribution in [1.82, 2.24) is 4.98 Å². The van der Waals surface area contributed by atoms with Crippen molar-refractivity contribution in [3.8, 4) is 0 Å². The van der Waals surface area contributed by atoms with Crippen LogP contribution >= 0.6 is 0 Å². The Morgan fingerprint density at radius 3 is 2.72 bits per heavy atom. The maximum Gasteiger partial charge on any atom is 0.272 e. The highest BCUT2D eigenvalue weighted by Gasteiger charge is 2.17. The van der Waals surface area contributed by atoms with E-state index >= 15 is 0 Å². The molecule has 0 spiro atoms. The zero-order valence-electron chi connectivity index (χ0n) is 14.2. The molecule has 1 saturated heterocycles. The molecule has 2 aromatic carbocycles. The van der Waals surface area contributed by atoms with Crippen molar-refractivity contribution in [2.24, 2.45) is 0 Å². The number of amides is 1. The fourth-order valence-corrected chi connectivity index (χ4v) is 3.28. The van der Waals surface area contributed by atoms with E-state index in [1.807, 2.05) is 55.5 Å². The van der Waals surface area contributed by atoms with E-state index in [-0.39, 0.29) is 5.91 Å². The summed E-state index contributed by atoms with van der Waals surface area (Å²) in [5.41, 5.74) is 4.57. The van der Waals surface area contributed by atoms with E-state index < -0.39 is 0 Å². The van der Waals surface area contributed by atoms with Gasteiger partial charge in [0, 0.05) is 24.0 Å². The van der Waals surface area contributed by atoms with Crippen LogP contribution in [0.25, 0.3) is 10.9 Å². The van der Waals surface area contributed by atoms with Crippen LogP contribution in [-0.2, 0) is 4.74 Å². The molecule has 1 fully saturated rings. The third-order valence-corrected chi connectivity index (χ3v) is 4.61. The standard InChI is InChI=1S/C20H21N3O2/c1-14-5-4-6-15-13-17(21-19(14)15)20(24)22-16-7-2-3-8-18(16)23-9-11-25-12-10-23/h2-8,13,21H,9-12H2,1H3,(H,22,24). The summed E-state index contributed by atoms with van der Waals surface area (Å²) in [6.45, 7) is 5.12. The highest BCUT2D eigenvalue weighted by Crippen LogP contribution is 2.27. The van der Waals surface area contributed by atoms with Crippen molar-refractivity contribution < 1.29 is 9.53 Å². The Morgan fingerprint density at radius 1 is 1.12 bits per heavy atom. The van der Waals surface area contributed by atoms with Crippen LogP contribution in [0.5, 0.6) is 0 Å². The number of H-pyrrole nitrogens is 1.